The number of carbonyl (C=O) groups excluding carboxylic acids is 2. The van der Waals surface area contributed by atoms with Gasteiger partial charge in [0.1, 0.15) is 17.9 Å². The fourth-order valence-electron chi connectivity index (χ4n) is 1.77. The molecule has 21 heavy (non-hydrogen) atoms. The topological polar surface area (TPSA) is 81.9 Å². The molecule has 0 saturated carbocycles. The lowest BCUT2D eigenvalue weighted by Gasteiger charge is -2.26. The molecule has 0 aliphatic carbocycles. The maximum absolute atomic E-state index is 12.0. The Labute approximate surface area is 124 Å². The minimum atomic E-state index is -0.616. The lowest BCUT2D eigenvalue weighted by molar-refractivity contribution is -0.153. The van der Waals surface area contributed by atoms with Crippen molar-refractivity contribution < 1.29 is 19.1 Å². The summed E-state index contributed by atoms with van der Waals surface area (Å²) in [6, 6.07) is 6.93. The van der Waals surface area contributed by atoms with Gasteiger partial charge in [0.2, 0.25) is 5.91 Å². The van der Waals surface area contributed by atoms with Gasteiger partial charge in [-0.3, -0.25) is 14.5 Å². The van der Waals surface area contributed by atoms with Crippen molar-refractivity contribution in [2.24, 2.45) is 5.73 Å². The number of nitrogens with two attached hydrogens (primary N) is 1. The van der Waals surface area contributed by atoms with Crippen molar-refractivity contribution in [3.63, 3.8) is 0 Å². The SMILES string of the molecule is COc1ccccc1N(CC(=O)OC(C)(C)C)C(=O)CN. The number of esters is 1. The molecule has 0 aliphatic rings. The van der Waals surface area contributed by atoms with E-state index < -0.39 is 11.6 Å². The van der Waals surface area contributed by atoms with Crippen molar-refractivity contribution in [2.75, 3.05) is 25.1 Å². The Bertz CT molecular complexity index is 509. The smallest absolute Gasteiger partial charge is 0.326 e. The highest BCUT2D eigenvalue weighted by Gasteiger charge is 2.24. The zero-order valence-electron chi connectivity index (χ0n) is 12.9. The molecule has 0 heterocycles. The van der Waals surface area contributed by atoms with Gasteiger partial charge in [-0.2, -0.15) is 0 Å². The number of para-hydroxylation sites is 2. The van der Waals surface area contributed by atoms with Gasteiger partial charge in [0, 0.05) is 0 Å². The summed E-state index contributed by atoms with van der Waals surface area (Å²) in [5.41, 5.74) is 5.29. The number of rotatable bonds is 5. The van der Waals surface area contributed by atoms with Crippen LogP contribution in [0.3, 0.4) is 0 Å². The molecule has 0 spiro atoms. The van der Waals surface area contributed by atoms with Crippen LogP contribution >= 0.6 is 0 Å². The van der Waals surface area contributed by atoms with E-state index >= 15 is 0 Å². The van der Waals surface area contributed by atoms with Crippen molar-refractivity contribution in [1.82, 2.24) is 0 Å². The summed E-state index contributed by atoms with van der Waals surface area (Å²) in [7, 11) is 1.50. The van der Waals surface area contributed by atoms with E-state index in [0.29, 0.717) is 11.4 Å². The van der Waals surface area contributed by atoms with Crippen molar-refractivity contribution in [2.45, 2.75) is 26.4 Å². The lowest BCUT2D eigenvalue weighted by atomic mass is 10.2. The summed E-state index contributed by atoms with van der Waals surface area (Å²) in [5.74, 6) is -0.400. The van der Waals surface area contributed by atoms with Crippen LogP contribution in [0, 0.1) is 0 Å². The fraction of sp³-hybridized carbons (Fsp3) is 0.467. The predicted octanol–water partition coefficient (Wildman–Crippen LogP) is 1.33. The van der Waals surface area contributed by atoms with Crippen LogP contribution in [0.4, 0.5) is 5.69 Å². The molecule has 116 valence electrons. The summed E-state index contributed by atoms with van der Waals surface area (Å²) in [6.07, 6.45) is 0. The van der Waals surface area contributed by atoms with E-state index in [4.69, 9.17) is 15.2 Å². The quantitative estimate of drug-likeness (QED) is 0.828. The molecule has 0 fully saturated rings. The first-order chi connectivity index (χ1) is 9.78. The molecule has 1 amide bonds. The van der Waals surface area contributed by atoms with Crippen LogP contribution in [0.5, 0.6) is 5.75 Å². The van der Waals surface area contributed by atoms with Gasteiger partial charge in [0.25, 0.3) is 0 Å². The first kappa shape index (κ1) is 17.0. The predicted molar refractivity (Wildman–Crippen MR) is 80.2 cm³/mol. The highest BCUT2D eigenvalue weighted by atomic mass is 16.6. The summed E-state index contributed by atoms with van der Waals surface area (Å²) in [5, 5.41) is 0. The van der Waals surface area contributed by atoms with E-state index in [1.165, 1.54) is 12.0 Å². The average Bonchev–Trinajstić information content (AvgIpc) is 2.42. The molecule has 0 aromatic heterocycles. The summed E-state index contributed by atoms with van der Waals surface area (Å²) in [6.45, 7) is 4.88. The van der Waals surface area contributed by atoms with Crippen LogP contribution in [0.1, 0.15) is 20.8 Å². The van der Waals surface area contributed by atoms with Gasteiger partial charge in [-0.1, -0.05) is 12.1 Å². The molecular formula is C15H22N2O4. The Morgan fingerprint density at radius 3 is 2.38 bits per heavy atom. The Morgan fingerprint density at radius 2 is 1.86 bits per heavy atom. The van der Waals surface area contributed by atoms with Crippen molar-refractivity contribution in [3.8, 4) is 5.75 Å². The first-order valence-corrected chi connectivity index (χ1v) is 6.64. The molecule has 0 atom stereocenters. The van der Waals surface area contributed by atoms with Crippen LogP contribution in [-0.4, -0.2) is 37.7 Å². The number of amides is 1. The molecule has 1 aromatic rings. The van der Waals surface area contributed by atoms with Crippen LogP contribution < -0.4 is 15.4 Å². The van der Waals surface area contributed by atoms with Gasteiger partial charge in [-0.25, -0.2) is 0 Å². The summed E-state index contributed by atoms with van der Waals surface area (Å²) < 4.78 is 10.5. The highest BCUT2D eigenvalue weighted by molar-refractivity contribution is 5.99. The number of carbonyl (C=O) groups is 2. The molecule has 0 bridgehead atoms. The van der Waals surface area contributed by atoms with E-state index in [1.807, 2.05) is 0 Å². The van der Waals surface area contributed by atoms with Crippen LogP contribution in [0.15, 0.2) is 24.3 Å². The number of methoxy groups -OCH3 is 1. The highest BCUT2D eigenvalue weighted by Crippen LogP contribution is 2.27. The standard InChI is InChI=1S/C15H22N2O4/c1-15(2,3)21-14(19)10-17(13(18)9-16)11-7-5-6-8-12(11)20-4/h5-8H,9-10,16H2,1-4H3. The molecule has 6 heteroatoms. The Kier molecular flexibility index (Phi) is 5.72. The van der Waals surface area contributed by atoms with Gasteiger partial charge in [-0.15, -0.1) is 0 Å². The van der Waals surface area contributed by atoms with Gasteiger partial charge in [0.05, 0.1) is 19.3 Å². The third kappa shape index (κ3) is 5.07. The second-order valence-corrected chi connectivity index (χ2v) is 5.44. The minimum Gasteiger partial charge on any atom is -0.495 e. The Morgan fingerprint density at radius 1 is 1.24 bits per heavy atom. The van der Waals surface area contributed by atoms with Crippen LogP contribution in [0.25, 0.3) is 0 Å². The molecule has 1 rings (SSSR count). The van der Waals surface area contributed by atoms with E-state index in [2.05, 4.69) is 0 Å². The maximum Gasteiger partial charge on any atom is 0.326 e. The van der Waals surface area contributed by atoms with E-state index in [0.717, 1.165) is 0 Å². The third-order valence-corrected chi connectivity index (χ3v) is 2.56. The van der Waals surface area contributed by atoms with Crippen molar-refractivity contribution in [1.29, 1.82) is 0 Å². The number of hydrogen-bond acceptors (Lipinski definition) is 5. The van der Waals surface area contributed by atoms with Gasteiger partial charge < -0.3 is 15.2 Å². The number of hydrogen-bond donors (Lipinski definition) is 1. The molecular weight excluding hydrogens is 272 g/mol. The van der Waals surface area contributed by atoms with Crippen molar-refractivity contribution in [3.05, 3.63) is 24.3 Å². The van der Waals surface area contributed by atoms with Gasteiger partial charge in [-0.05, 0) is 32.9 Å². The van der Waals surface area contributed by atoms with Crippen LogP contribution in [-0.2, 0) is 14.3 Å². The zero-order valence-corrected chi connectivity index (χ0v) is 12.9. The number of nitrogens with zero attached hydrogens (tertiary/aromatic N) is 1. The monoisotopic (exact) mass is 294 g/mol. The average molecular weight is 294 g/mol. The molecule has 0 radical (unpaired) electrons. The summed E-state index contributed by atoms with van der Waals surface area (Å²) >= 11 is 0. The van der Waals surface area contributed by atoms with Crippen LogP contribution in [0.2, 0.25) is 0 Å². The molecule has 0 unspecified atom stereocenters. The molecule has 6 nitrogen and oxygen atoms in total. The first-order valence-electron chi connectivity index (χ1n) is 6.64. The second-order valence-electron chi connectivity index (χ2n) is 5.44. The number of benzene rings is 1. The molecule has 0 saturated heterocycles. The normalized spacial score (nSPS) is 10.9. The van der Waals surface area contributed by atoms with Crippen molar-refractivity contribution >= 4 is 17.6 Å². The molecule has 2 N–H and O–H groups in total. The molecule has 0 aliphatic heterocycles. The van der Waals surface area contributed by atoms with E-state index in [1.54, 1.807) is 45.0 Å². The maximum atomic E-state index is 12.0. The minimum absolute atomic E-state index is 0.207. The number of ether oxygens (including phenoxy) is 2. The van der Waals surface area contributed by atoms with Gasteiger partial charge in [0.15, 0.2) is 0 Å². The molecule has 1 aromatic carbocycles. The summed E-state index contributed by atoms with van der Waals surface area (Å²) in [4.78, 5) is 25.3. The zero-order chi connectivity index (χ0) is 16.0. The van der Waals surface area contributed by atoms with E-state index in [-0.39, 0.29) is 19.0 Å². The Balaban J connectivity index is 3.02. The third-order valence-electron chi connectivity index (χ3n) is 2.56. The van der Waals surface area contributed by atoms with Gasteiger partial charge >= 0.3 is 5.97 Å². The second kappa shape index (κ2) is 7.08. The van der Waals surface area contributed by atoms with E-state index in [9.17, 15) is 9.59 Å². The lowest BCUT2D eigenvalue weighted by Crippen LogP contribution is -2.42. The number of anilines is 1. The Hall–Kier alpha value is -2.08. The largest absolute Gasteiger partial charge is 0.495 e. The fourth-order valence-corrected chi connectivity index (χ4v) is 1.77.